The normalized spacial score (nSPS) is 22.3. The third-order valence-electron chi connectivity index (χ3n) is 2.62. The van der Waals surface area contributed by atoms with Crippen LogP contribution in [-0.2, 0) is 9.59 Å². The molecule has 18 heavy (non-hydrogen) atoms. The minimum absolute atomic E-state index is 0.0552. The molecule has 0 saturated carbocycles. The average Bonchev–Trinajstić information content (AvgIpc) is 2.63. The van der Waals surface area contributed by atoms with Gasteiger partial charge in [-0.05, 0) is 12.8 Å². The molecule has 1 amide bonds. The van der Waals surface area contributed by atoms with Crippen LogP contribution in [0.2, 0.25) is 0 Å². The number of carboxylic acids is 1. The fraction of sp³-hybridized carbons (Fsp3) is 0.700. The molecule has 7 nitrogen and oxygen atoms in total. The summed E-state index contributed by atoms with van der Waals surface area (Å²) < 4.78 is 0. The number of hydrogen-bond acceptors (Lipinski definition) is 4. The molecule has 1 saturated heterocycles. The number of rotatable bonds is 5. The van der Waals surface area contributed by atoms with Gasteiger partial charge in [0, 0.05) is 24.3 Å². The largest absolute Gasteiger partial charge is 0.480 e. The van der Waals surface area contributed by atoms with E-state index in [1.807, 2.05) is 0 Å². The van der Waals surface area contributed by atoms with Gasteiger partial charge in [0.25, 0.3) is 0 Å². The summed E-state index contributed by atoms with van der Waals surface area (Å²) in [4.78, 5) is 27.6. The van der Waals surface area contributed by atoms with E-state index in [0.29, 0.717) is 32.4 Å². The number of likely N-dealkylation sites (tertiary alicyclic amines) is 1. The highest BCUT2D eigenvalue weighted by atomic mass is 79.9. The van der Waals surface area contributed by atoms with Crippen molar-refractivity contribution >= 4 is 33.8 Å². The van der Waals surface area contributed by atoms with E-state index in [2.05, 4.69) is 20.9 Å². The molecule has 0 bridgehead atoms. The predicted octanol–water partition coefficient (Wildman–Crippen LogP) is -0.511. The molecule has 0 spiro atoms. The van der Waals surface area contributed by atoms with Crippen LogP contribution < -0.4 is 11.5 Å². The summed E-state index contributed by atoms with van der Waals surface area (Å²) >= 11 is 3.35. The van der Waals surface area contributed by atoms with Gasteiger partial charge < -0.3 is 16.6 Å². The molecule has 0 aliphatic carbocycles. The molecule has 2 atom stereocenters. The molecule has 0 aromatic heterocycles. The van der Waals surface area contributed by atoms with Gasteiger partial charge >= 0.3 is 5.97 Å². The second kappa shape index (κ2) is 6.69. The minimum Gasteiger partial charge on any atom is -0.480 e. The quantitative estimate of drug-likeness (QED) is 0.272. The van der Waals surface area contributed by atoms with Gasteiger partial charge in [-0.25, -0.2) is 0 Å². The fourth-order valence-electron chi connectivity index (χ4n) is 1.60. The Balaban J connectivity index is 2.34. The molecular formula is C10H17BrN4O3. The van der Waals surface area contributed by atoms with Crippen LogP contribution in [0.4, 0.5) is 0 Å². The van der Waals surface area contributed by atoms with Crippen molar-refractivity contribution in [3.05, 3.63) is 0 Å². The number of alkyl halides is 1. The monoisotopic (exact) mass is 320 g/mol. The topological polar surface area (TPSA) is 122 Å². The Kier molecular flexibility index (Phi) is 5.54. The van der Waals surface area contributed by atoms with Gasteiger partial charge in [0.15, 0.2) is 5.96 Å². The lowest BCUT2D eigenvalue weighted by molar-refractivity contribution is -0.138. The van der Waals surface area contributed by atoms with Gasteiger partial charge in [-0.15, -0.1) is 0 Å². The molecule has 1 heterocycles. The lowest BCUT2D eigenvalue weighted by atomic mass is 10.2. The first kappa shape index (κ1) is 14.9. The van der Waals surface area contributed by atoms with E-state index >= 15 is 0 Å². The Bertz CT molecular complexity index is 361. The zero-order valence-electron chi connectivity index (χ0n) is 9.88. The maximum atomic E-state index is 11.5. The van der Waals surface area contributed by atoms with Gasteiger partial charge in [-0.2, -0.15) is 0 Å². The number of halogens is 1. The Hall–Kier alpha value is -1.15. The van der Waals surface area contributed by atoms with Crippen LogP contribution in [0.1, 0.15) is 19.3 Å². The first-order valence-corrected chi connectivity index (χ1v) is 6.56. The number of aliphatic carboxylic acids is 1. The molecule has 1 rings (SSSR count). The van der Waals surface area contributed by atoms with Crippen LogP contribution in [0, 0.1) is 0 Å². The maximum Gasteiger partial charge on any atom is 0.320 e. The molecule has 5 N–H and O–H groups in total. The first-order valence-electron chi connectivity index (χ1n) is 5.64. The summed E-state index contributed by atoms with van der Waals surface area (Å²) in [5, 5.41) is 8.58. The SMILES string of the molecule is NC(=NCCC[C@H](N)C(=O)O)N1CC(Br)CC1=O. The molecule has 1 aliphatic heterocycles. The highest BCUT2D eigenvalue weighted by molar-refractivity contribution is 9.09. The predicted molar refractivity (Wildman–Crippen MR) is 70.4 cm³/mol. The molecule has 0 aromatic carbocycles. The molecule has 0 radical (unpaired) electrons. The van der Waals surface area contributed by atoms with Crippen LogP contribution >= 0.6 is 15.9 Å². The van der Waals surface area contributed by atoms with Crippen LogP contribution in [0.5, 0.6) is 0 Å². The van der Waals surface area contributed by atoms with Crippen molar-refractivity contribution in [2.24, 2.45) is 16.5 Å². The first-order chi connectivity index (χ1) is 8.41. The summed E-state index contributed by atoms with van der Waals surface area (Å²) in [6.07, 6.45) is 1.27. The zero-order chi connectivity index (χ0) is 13.7. The van der Waals surface area contributed by atoms with Gasteiger partial charge in [-0.1, -0.05) is 15.9 Å². The van der Waals surface area contributed by atoms with E-state index in [9.17, 15) is 9.59 Å². The van der Waals surface area contributed by atoms with Gasteiger partial charge in [0.2, 0.25) is 5.91 Å². The van der Waals surface area contributed by atoms with Crippen molar-refractivity contribution in [3.8, 4) is 0 Å². The Morgan fingerprint density at radius 2 is 2.33 bits per heavy atom. The fourth-order valence-corrected chi connectivity index (χ4v) is 2.17. The zero-order valence-corrected chi connectivity index (χ0v) is 11.5. The van der Waals surface area contributed by atoms with E-state index < -0.39 is 12.0 Å². The van der Waals surface area contributed by atoms with Crippen LogP contribution in [0.3, 0.4) is 0 Å². The average molecular weight is 321 g/mol. The van der Waals surface area contributed by atoms with Crippen molar-refractivity contribution in [2.45, 2.75) is 30.1 Å². The van der Waals surface area contributed by atoms with E-state index in [-0.39, 0.29) is 16.7 Å². The highest BCUT2D eigenvalue weighted by Crippen LogP contribution is 2.17. The number of aliphatic imine (C=N–C) groups is 1. The third kappa shape index (κ3) is 4.26. The van der Waals surface area contributed by atoms with Gasteiger partial charge in [0.05, 0.1) is 0 Å². The van der Waals surface area contributed by atoms with E-state index in [1.165, 1.54) is 4.90 Å². The van der Waals surface area contributed by atoms with Crippen LogP contribution in [0.25, 0.3) is 0 Å². The summed E-state index contributed by atoms with van der Waals surface area (Å²) in [7, 11) is 0. The van der Waals surface area contributed by atoms with E-state index in [4.69, 9.17) is 16.6 Å². The lowest BCUT2D eigenvalue weighted by Crippen LogP contribution is -2.38. The maximum absolute atomic E-state index is 11.5. The summed E-state index contributed by atoms with van der Waals surface area (Å²) in [6, 6.07) is -0.873. The van der Waals surface area contributed by atoms with Gasteiger partial charge in [-0.3, -0.25) is 19.5 Å². The number of nitrogens with zero attached hydrogens (tertiary/aromatic N) is 2. The molecule has 8 heteroatoms. The van der Waals surface area contributed by atoms with Crippen molar-refractivity contribution in [3.63, 3.8) is 0 Å². The Labute approximate surface area is 113 Å². The lowest BCUT2D eigenvalue weighted by Gasteiger charge is -2.14. The number of carbonyl (C=O) groups is 2. The van der Waals surface area contributed by atoms with E-state index in [0.717, 1.165) is 0 Å². The van der Waals surface area contributed by atoms with Crippen molar-refractivity contribution < 1.29 is 14.7 Å². The number of nitrogens with two attached hydrogens (primary N) is 2. The highest BCUT2D eigenvalue weighted by Gasteiger charge is 2.29. The second-order valence-corrected chi connectivity index (χ2v) is 5.43. The number of amides is 1. The molecule has 1 unspecified atom stereocenters. The number of guanidine groups is 1. The van der Waals surface area contributed by atoms with Crippen LogP contribution in [0.15, 0.2) is 4.99 Å². The standard InChI is InChI=1S/C10H17BrN4O3/c11-6-4-8(16)15(5-6)10(13)14-3-1-2-7(12)9(17)18/h6-7H,1-5,12H2,(H2,13,14)(H,17,18)/t6?,7-/m0/s1. The summed E-state index contributed by atoms with van der Waals surface area (Å²) in [5.74, 6) is -0.894. The van der Waals surface area contributed by atoms with Crippen LogP contribution in [-0.4, -0.2) is 51.8 Å². The summed E-state index contributed by atoms with van der Waals surface area (Å²) in [5.41, 5.74) is 11.0. The van der Waals surface area contributed by atoms with E-state index in [1.54, 1.807) is 0 Å². The molecule has 1 fully saturated rings. The smallest absolute Gasteiger partial charge is 0.320 e. The molecule has 0 aromatic rings. The number of hydrogen-bond donors (Lipinski definition) is 3. The number of carboxylic acid groups (broad SMARTS) is 1. The number of carbonyl (C=O) groups excluding carboxylic acids is 1. The van der Waals surface area contributed by atoms with Gasteiger partial charge in [0.1, 0.15) is 6.04 Å². The molecule has 1 aliphatic rings. The molecular weight excluding hydrogens is 304 g/mol. The second-order valence-electron chi connectivity index (χ2n) is 4.13. The third-order valence-corrected chi connectivity index (χ3v) is 3.23. The van der Waals surface area contributed by atoms with Crippen molar-refractivity contribution in [1.29, 1.82) is 0 Å². The van der Waals surface area contributed by atoms with Crippen molar-refractivity contribution in [1.82, 2.24) is 4.90 Å². The van der Waals surface area contributed by atoms with Crippen molar-refractivity contribution in [2.75, 3.05) is 13.1 Å². The Morgan fingerprint density at radius 3 is 2.83 bits per heavy atom. The summed E-state index contributed by atoms with van der Waals surface area (Å²) in [6.45, 7) is 0.881. The minimum atomic E-state index is -1.02. The Morgan fingerprint density at radius 1 is 1.67 bits per heavy atom. The molecule has 102 valence electrons.